The molecule has 2 rings (SSSR count). The van der Waals surface area contributed by atoms with Gasteiger partial charge < -0.3 is 15.8 Å². The molecule has 0 radical (unpaired) electrons. The van der Waals surface area contributed by atoms with Crippen LogP contribution in [0.5, 0.6) is 0 Å². The summed E-state index contributed by atoms with van der Waals surface area (Å²) in [6.07, 6.45) is 0. The number of halogens is 2. The molecule has 0 amide bonds. The molecule has 0 bridgehead atoms. The predicted molar refractivity (Wildman–Crippen MR) is 80.9 cm³/mol. The predicted octanol–water partition coefficient (Wildman–Crippen LogP) is 3.46. The molecule has 21 heavy (non-hydrogen) atoms. The van der Waals surface area contributed by atoms with Crippen LogP contribution in [-0.4, -0.2) is 13.1 Å². The first-order chi connectivity index (χ1) is 10.0. The lowest BCUT2D eigenvalue weighted by Gasteiger charge is -2.13. The number of hydrogen-bond donors (Lipinski definition) is 2. The number of esters is 1. The molecule has 0 aromatic heterocycles. The van der Waals surface area contributed by atoms with Crippen LogP contribution in [0.1, 0.15) is 15.9 Å². The SMILES string of the molecule is COC(=O)c1cc(N)cc(Cl)c1NCc1ccc(F)cc1. The van der Waals surface area contributed by atoms with Crippen LogP contribution in [0, 0.1) is 5.82 Å². The molecule has 2 aromatic carbocycles. The highest BCUT2D eigenvalue weighted by Gasteiger charge is 2.16. The van der Waals surface area contributed by atoms with Crippen LogP contribution in [0.3, 0.4) is 0 Å². The van der Waals surface area contributed by atoms with E-state index < -0.39 is 5.97 Å². The van der Waals surface area contributed by atoms with Crippen molar-refractivity contribution in [1.29, 1.82) is 0 Å². The molecule has 0 aliphatic carbocycles. The standard InChI is InChI=1S/C15H14ClFN2O2/c1-21-15(20)12-6-11(18)7-13(16)14(12)19-8-9-2-4-10(17)5-3-9/h2-7,19H,8,18H2,1H3. The molecule has 2 aromatic rings. The molecule has 110 valence electrons. The van der Waals surface area contributed by atoms with Crippen molar-refractivity contribution >= 4 is 28.9 Å². The van der Waals surface area contributed by atoms with E-state index in [-0.39, 0.29) is 11.4 Å². The number of hydrogen-bond acceptors (Lipinski definition) is 4. The Bertz CT molecular complexity index is 659. The molecule has 0 atom stereocenters. The highest BCUT2D eigenvalue weighted by Crippen LogP contribution is 2.30. The molecular formula is C15H14ClFN2O2. The van der Waals surface area contributed by atoms with E-state index in [1.54, 1.807) is 18.2 Å². The summed E-state index contributed by atoms with van der Waals surface area (Å²) < 4.78 is 17.6. The van der Waals surface area contributed by atoms with Gasteiger partial charge in [0, 0.05) is 12.2 Å². The van der Waals surface area contributed by atoms with E-state index in [0.717, 1.165) is 5.56 Å². The fraction of sp³-hybridized carbons (Fsp3) is 0.133. The summed E-state index contributed by atoms with van der Waals surface area (Å²) >= 11 is 6.12. The van der Waals surface area contributed by atoms with Gasteiger partial charge in [0.2, 0.25) is 0 Å². The monoisotopic (exact) mass is 308 g/mol. The van der Waals surface area contributed by atoms with Gasteiger partial charge in [-0.3, -0.25) is 0 Å². The third kappa shape index (κ3) is 3.64. The number of ether oxygens (including phenoxy) is 1. The molecule has 4 nitrogen and oxygen atoms in total. The minimum atomic E-state index is -0.536. The highest BCUT2D eigenvalue weighted by molar-refractivity contribution is 6.34. The Kier molecular flexibility index (Phi) is 4.65. The summed E-state index contributed by atoms with van der Waals surface area (Å²) in [7, 11) is 1.28. The molecule has 0 aliphatic heterocycles. The van der Waals surface area contributed by atoms with E-state index in [4.69, 9.17) is 22.1 Å². The molecule has 0 saturated carbocycles. The van der Waals surface area contributed by atoms with Gasteiger partial charge in [-0.15, -0.1) is 0 Å². The first-order valence-corrected chi connectivity index (χ1v) is 6.54. The smallest absolute Gasteiger partial charge is 0.340 e. The van der Waals surface area contributed by atoms with E-state index in [0.29, 0.717) is 22.9 Å². The second kappa shape index (κ2) is 6.45. The zero-order chi connectivity index (χ0) is 15.4. The van der Waals surface area contributed by atoms with Crippen molar-refractivity contribution in [1.82, 2.24) is 0 Å². The summed E-state index contributed by atoms with van der Waals surface area (Å²) in [5.74, 6) is -0.842. The fourth-order valence-electron chi connectivity index (χ4n) is 1.87. The number of nitrogen functional groups attached to an aromatic ring is 1. The van der Waals surface area contributed by atoms with Crippen molar-refractivity contribution in [2.24, 2.45) is 0 Å². The second-order valence-corrected chi connectivity index (χ2v) is 4.80. The first-order valence-electron chi connectivity index (χ1n) is 6.17. The van der Waals surface area contributed by atoms with Gasteiger partial charge in [0.25, 0.3) is 0 Å². The van der Waals surface area contributed by atoms with E-state index in [1.807, 2.05) is 0 Å². The van der Waals surface area contributed by atoms with Crippen molar-refractivity contribution in [2.75, 3.05) is 18.2 Å². The third-order valence-corrected chi connectivity index (χ3v) is 3.20. The Morgan fingerprint density at radius 2 is 2.00 bits per heavy atom. The van der Waals surface area contributed by atoms with Crippen molar-refractivity contribution in [2.45, 2.75) is 6.54 Å². The average Bonchev–Trinajstić information content (AvgIpc) is 2.46. The maximum Gasteiger partial charge on any atom is 0.340 e. The molecule has 0 heterocycles. The normalized spacial score (nSPS) is 10.2. The van der Waals surface area contributed by atoms with Crippen LogP contribution in [0.25, 0.3) is 0 Å². The Balaban J connectivity index is 2.26. The number of anilines is 2. The number of carbonyl (C=O) groups excluding carboxylic acids is 1. The van der Waals surface area contributed by atoms with Crippen LogP contribution >= 0.6 is 11.6 Å². The molecule has 0 aliphatic rings. The van der Waals surface area contributed by atoms with E-state index in [2.05, 4.69) is 5.32 Å². The Morgan fingerprint density at radius 3 is 2.62 bits per heavy atom. The zero-order valence-corrected chi connectivity index (χ0v) is 12.1. The van der Waals surface area contributed by atoms with Crippen LogP contribution in [0.2, 0.25) is 5.02 Å². The highest BCUT2D eigenvalue weighted by atomic mass is 35.5. The molecule has 3 N–H and O–H groups in total. The van der Waals surface area contributed by atoms with Crippen LogP contribution in [-0.2, 0) is 11.3 Å². The number of carbonyl (C=O) groups is 1. The van der Waals surface area contributed by atoms with Gasteiger partial charge in [-0.05, 0) is 29.8 Å². The maximum absolute atomic E-state index is 12.9. The Hall–Kier alpha value is -2.27. The van der Waals surface area contributed by atoms with Gasteiger partial charge in [0.15, 0.2) is 0 Å². The van der Waals surface area contributed by atoms with Gasteiger partial charge in [0.05, 0.1) is 23.4 Å². The van der Waals surface area contributed by atoms with Crippen molar-refractivity contribution in [3.8, 4) is 0 Å². The molecular weight excluding hydrogens is 295 g/mol. The van der Waals surface area contributed by atoms with Crippen molar-refractivity contribution in [3.63, 3.8) is 0 Å². The van der Waals surface area contributed by atoms with E-state index >= 15 is 0 Å². The maximum atomic E-state index is 12.9. The van der Waals surface area contributed by atoms with Gasteiger partial charge in [-0.2, -0.15) is 0 Å². The van der Waals surface area contributed by atoms with Gasteiger partial charge >= 0.3 is 5.97 Å². The lowest BCUT2D eigenvalue weighted by atomic mass is 10.1. The average molecular weight is 309 g/mol. The number of nitrogens with one attached hydrogen (secondary N) is 1. The molecule has 0 saturated heterocycles. The molecule has 0 fully saturated rings. The quantitative estimate of drug-likeness (QED) is 0.670. The first kappa shape index (κ1) is 15.1. The van der Waals surface area contributed by atoms with Crippen molar-refractivity contribution in [3.05, 3.63) is 58.4 Å². The summed E-state index contributed by atoms with van der Waals surface area (Å²) in [4.78, 5) is 11.8. The minimum Gasteiger partial charge on any atom is -0.465 e. The lowest BCUT2D eigenvalue weighted by Crippen LogP contribution is -2.09. The van der Waals surface area contributed by atoms with Gasteiger partial charge in [0.1, 0.15) is 5.82 Å². The Labute approximate surface area is 126 Å². The third-order valence-electron chi connectivity index (χ3n) is 2.90. The molecule has 6 heteroatoms. The summed E-state index contributed by atoms with van der Waals surface area (Å²) in [5, 5.41) is 3.37. The largest absolute Gasteiger partial charge is 0.465 e. The van der Waals surface area contributed by atoms with E-state index in [1.165, 1.54) is 25.3 Å². The molecule has 0 spiro atoms. The minimum absolute atomic E-state index is 0.254. The number of rotatable bonds is 4. The fourth-order valence-corrected chi connectivity index (χ4v) is 2.17. The summed E-state index contributed by atoms with van der Waals surface area (Å²) in [6.45, 7) is 0.383. The second-order valence-electron chi connectivity index (χ2n) is 4.40. The van der Waals surface area contributed by atoms with Crippen molar-refractivity contribution < 1.29 is 13.9 Å². The number of methoxy groups -OCH3 is 1. The number of nitrogens with two attached hydrogens (primary N) is 1. The van der Waals surface area contributed by atoms with Crippen LogP contribution < -0.4 is 11.1 Å². The number of benzene rings is 2. The lowest BCUT2D eigenvalue weighted by molar-refractivity contribution is 0.0602. The Morgan fingerprint density at radius 1 is 1.33 bits per heavy atom. The summed E-state index contributed by atoms with van der Waals surface area (Å²) in [6, 6.07) is 9.05. The topological polar surface area (TPSA) is 64.3 Å². The summed E-state index contributed by atoms with van der Waals surface area (Å²) in [5.41, 5.74) is 7.59. The van der Waals surface area contributed by atoms with Crippen LogP contribution in [0.4, 0.5) is 15.8 Å². The van der Waals surface area contributed by atoms with Crippen LogP contribution in [0.15, 0.2) is 36.4 Å². The van der Waals surface area contributed by atoms with Gasteiger partial charge in [-0.25, -0.2) is 9.18 Å². The zero-order valence-electron chi connectivity index (χ0n) is 11.3. The van der Waals surface area contributed by atoms with E-state index in [9.17, 15) is 9.18 Å². The molecule has 0 unspecified atom stereocenters. The van der Waals surface area contributed by atoms with Gasteiger partial charge in [-0.1, -0.05) is 23.7 Å².